The van der Waals surface area contributed by atoms with Crippen molar-refractivity contribution in [3.05, 3.63) is 17.9 Å². The summed E-state index contributed by atoms with van der Waals surface area (Å²) in [6, 6.07) is 2.91. The van der Waals surface area contributed by atoms with Gasteiger partial charge in [0.05, 0.1) is 0 Å². The van der Waals surface area contributed by atoms with Gasteiger partial charge in [-0.2, -0.15) is 4.31 Å². The SMILES string of the molecule is CN(CC1CC2CCC1C2)S(=O)(=O)c1ccc(CO)o1. The van der Waals surface area contributed by atoms with Gasteiger partial charge in [-0.3, -0.25) is 0 Å². The van der Waals surface area contributed by atoms with Crippen molar-refractivity contribution in [2.45, 2.75) is 37.4 Å². The van der Waals surface area contributed by atoms with Crippen LogP contribution in [0.3, 0.4) is 0 Å². The second kappa shape index (κ2) is 5.16. The lowest BCUT2D eigenvalue weighted by atomic mass is 9.89. The minimum absolute atomic E-state index is 0.0767. The molecule has 20 heavy (non-hydrogen) atoms. The normalized spacial score (nSPS) is 29.4. The van der Waals surface area contributed by atoms with Gasteiger partial charge in [-0.15, -0.1) is 0 Å². The van der Waals surface area contributed by atoms with Crippen molar-refractivity contribution in [3.8, 4) is 0 Å². The Morgan fingerprint density at radius 1 is 1.35 bits per heavy atom. The van der Waals surface area contributed by atoms with Crippen LogP contribution in [-0.4, -0.2) is 31.4 Å². The van der Waals surface area contributed by atoms with Crippen LogP contribution in [0.15, 0.2) is 21.6 Å². The molecule has 1 heterocycles. The minimum atomic E-state index is -3.58. The van der Waals surface area contributed by atoms with Crippen molar-refractivity contribution < 1.29 is 17.9 Å². The molecular weight excluding hydrogens is 278 g/mol. The fourth-order valence-corrected chi connectivity index (χ4v) is 4.91. The van der Waals surface area contributed by atoms with Crippen LogP contribution in [-0.2, 0) is 16.6 Å². The second-order valence-corrected chi connectivity index (χ2v) is 8.08. The van der Waals surface area contributed by atoms with Gasteiger partial charge in [-0.05, 0) is 49.1 Å². The molecular formula is C14H21NO4S. The molecule has 2 aliphatic rings. The van der Waals surface area contributed by atoms with Gasteiger partial charge in [0.1, 0.15) is 12.4 Å². The fourth-order valence-electron chi connectivity index (χ4n) is 3.76. The van der Waals surface area contributed by atoms with Crippen LogP contribution < -0.4 is 0 Å². The number of fused-ring (bicyclic) bond motifs is 2. The number of aliphatic hydroxyl groups excluding tert-OH is 1. The molecule has 2 aliphatic carbocycles. The van der Waals surface area contributed by atoms with Crippen molar-refractivity contribution in [3.63, 3.8) is 0 Å². The van der Waals surface area contributed by atoms with Crippen LogP contribution in [0.25, 0.3) is 0 Å². The van der Waals surface area contributed by atoms with E-state index in [-0.39, 0.29) is 17.5 Å². The van der Waals surface area contributed by atoms with E-state index in [0.717, 1.165) is 12.3 Å². The number of hydrogen-bond acceptors (Lipinski definition) is 4. The summed E-state index contributed by atoms with van der Waals surface area (Å²) in [5, 5.41) is 8.88. The largest absolute Gasteiger partial charge is 0.446 e. The minimum Gasteiger partial charge on any atom is -0.446 e. The lowest BCUT2D eigenvalue weighted by Gasteiger charge is -2.26. The predicted molar refractivity (Wildman–Crippen MR) is 73.4 cm³/mol. The molecule has 112 valence electrons. The molecule has 0 amide bonds. The lowest BCUT2D eigenvalue weighted by Crippen LogP contribution is -2.33. The van der Waals surface area contributed by atoms with Gasteiger partial charge in [0.25, 0.3) is 10.0 Å². The molecule has 1 aromatic heterocycles. The first-order valence-corrected chi connectivity index (χ1v) is 8.60. The van der Waals surface area contributed by atoms with Crippen molar-refractivity contribution >= 4 is 10.0 Å². The van der Waals surface area contributed by atoms with Gasteiger partial charge < -0.3 is 9.52 Å². The van der Waals surface area contributed by atoms with E-state index in [2.05, 4.69) is 0 Å². The van der Waals surface area contributed by atoms with Gasteiger partial charge >= 0.3 is 0 Å². The summed E-state index contributed by atoms with van der Waals surface area (Å²) >= 11 is 0. The zero-order chi connectivity index (χ0) is 14.3. The van der Waals surface area contributed by atoms with E-state index in [1.54, 1.807) is 7.05 Å². The van der Waals surface area contributed by atoms with E-state index in [9.17, 15) is 8.42 Å². The average Bonchev–Trinajstić information content (AvgIpc) is 3.14. The van der Waals surface area contributed by atoms with Crippen LogP contribution in [0.2, 0.25) is 0 Å². The van der Waals surface area contributed by atoms with Gasteiger partial charge in [0, 0.05) is 13.6 Å². The molecule has 2 saturated carbocycles. The van der Waals surface area contributed by atoms with Crippen LogP contribution in [0.1, 0.15) is 31.4 Å². The van der Waals surface area contributed by atoms with Gasteiger partial charge in [-0.1, -0.05) is 6.42 Å². The molecule has 3 rings (SSSR count). The Kier molecular flexibility index (Phi) is 3.64. The molecule has 0 spiro atoms. The van der Waals surface area contributed by atoms with Crippen LogP contribution in [0, 0.1) is 17.8 Å². The first-order chi connectivity index (χ1) is 9.50. The molecule has 2 fully saturated rings. The molecule has 0 aliphatic heterocycles. The van der Waals surface area contributed by atoms with Crippen molar-refractivity contribution in [1.82, 2.24) is 4.31 Å². The molecule has 0 radical (unpaired) electrons. The van der Waals surface area contributed by atoms with Gasteiger partial charge in [0.2, 0.25) is 5.09 Å². The molecule has 5 nitrogen and oxygen atoms in total. The maximum atomic E-state index is 12.4. The molecule has 1 aromatic rings. The Hall–Kier alpha value is -0.850. The third kappa shape index (κ3) is 2.40. The number of nitrogens with zero attached hydrogens (tertiary/aromatic N) is 1. The first kappa shape index (κ1) is 14.1. The molecule has 1 N–H and O–H groups in total. The second-order valence-electron chi connectivity index (χ2n) is 6.10. The highest BCUT2D eigenvalue weighted by Gasteiger charge is 2.41. The van der Waals surface area contributed by atoms with E-state index in [1.165, 1.54) is 35.7 Å². The lowest BCUT2D eigenvalue weighted by molar-refractivity contribution is 0.233. The van der Waals surface area contributed by atoms with Gasteiger partial charge in [-0.25, -0.2) is 8.42 Å². The Balaban J connectivity index is 1.70. The van der Waals surface area contributed by atoms with E-state index in [1.807, 2.05) is 0 Å². The van der Waals surface area contributed by atoms with Crippen molar-refractivity contribution in [1.29, 1.82) is 0 Å². The third-order valence-electron chi connectivity index (χ3n) is 4.83. The Morgan fingerprint density at radius 3 is 2.70 bits per heavy atom. The average molecular weight is 299 g/mol. The maximum absolute atomic E-state index is 12.4. The first-order valence-electron chi connectivity index (χ1n) is 7.16. The van der Waals surface area contributed by atoms with Crippen LogP contribution in [0.4, 0.5) is 0 Å². The topological polar surface area (TPSA) is 70.8 Å². The summed E-state index contributed by atoms with van der Waals surface area (Å²) < 4.78 is 31.4. The fraction of sp³-hybridized carbons (Fsp3) is 0.714. The predicted octanol–water partition coefficient (Wildman–Crippen LogP) is 1.83. The summed E-state index contributed by atoms with van der Waals surface area (Å²) in [4.78, 5) is 0. The Labute approximate surface area is 119 Å². The van der Waals surface area contributed by atoms with E-state index >= 15 is 0 Å². The third-order valence-corrected chi connectivity index (χ3v) is 6.53. The Morgan fingerprint density at radius 2 is 2.15 bits per heavy atom. The maximum Gasteiger partial charge on any atom is 0.276 e. The molecule has 3 unspecified atom stereocenters. The summed E-state index contributed by atoms with van der Waals surface area (Å²) in [5.41, 5.74) is 0. The standard InChI is InChI=1S/C14H21NO4S/c1-15(8-12-7-10-2-3-11(12)6-10)20(17,18)14-5-4-13(9-16)19-14/h4-5,10-12,16H,2-3,6-9H2,1H3. The van der Waals surface area contributed by atoms with E-state index < -0.39 is 10.0 Å². The van der Waals surface area contributed by atoms with Crippen LogP contribution in [0.5, 0.6) is 0 Å². The highest BCUT2D eigenvalue weighted by Crippen LogP contribution is 2.48. The zero-order valence-corrected chi connectivity index (χ0v) is 12.5. The molecule has 2 bridgehead atoms. The highest BCUT2D eigenvalue weighted by molar-refractivity contribution is 7.89. The summed E-state index contributed by atoms with van der Waals surface area (Å²) in [5.74, 6) is 2.27. The number of aliphatic hydroxyl groups is 1. The zero-order valence-electron chi connectivity index (χ0n) is 11.7. The van der Waals surface area contributed by atoms with E-state index in [0.29, 0.717) is 18.4 Å². The smallest absolute Gasteiger partial charge is 0.276 e. The van der Waals surface area contributed by atoms with Crippen LogP contribution >= 0.6 is 0 Å². The Bertz CT molecular complexity index is 580. The highest BCUT2D eigenvalue weighted by atomic mass is 32.2. The number of rotatable bonds is 5. The molecule has 3 atom stereocenters. The summed E-state index contributed by atoms with van der Waals surface area (Å²) in [6.45, 7) is 0.282. The quantitative estimate of drug-likeness (QED) is 0.900. The molecule has 6 heteroatoms. The summed E-state index contributed by atoms with van der Waals surface area (Å²) in [7, 11) is -1.96. The van der Waals surface area contributed by atoms with Gasteiger partial charge in [0.15, 0.2) is 0 Å². The number of sulfonamides is 1. The number of hydrogen-bond donors (Lipinski definition) is 1. The molecule has 0 aromatic carbocycles. The summed E-state index contributed by atoms with van der Waals surface area (Å²) in [6.07, 6.45) is 4.99. The molecule has 0 saturated heterocycles. The van der Waals surface area contributed by atoms with E-state index in [4.69, 9.17) is 9.52 Å². The van der Waals surface area contributed by atoms with Crippen molar-refractivity contribution in [2.24, 2.45) is 17.8 Å². The monoisotopic (exact) mass is 299 g/mol. The van der Waals surface area contributed by atoms with Crippen molar-refractivity contribution in [2.75, 3.05) is 13.6 Å². The number of furan rings is 1.